The zero-order valence-corrected chi connectivity index (χ0v) is 30.2. The topological polar surface area (TPSA) is 123 Å². The molecule has 1 saturated carbocycles. The molecule has 4 aliphatic rings. The number of anilines is 1. The molecule has 2 aromatic carbocycles. The fourth-order valence-corrected chi connectivity index (χ4v) is 9.26. The van der Waals surface area contributed by atoms with Crippen molar-refractivity contribution < 1.29 is 37.9 Å². The number of piperidine rings is 1. The average Bonchev–Trinajstić information content (AvgIpc) is 3.51. The summed E-state index contributed by atoms with van der Waals surface area (Å²) in [6.07, 6.45) is 13.1. The molecule has 3 aliphatic heterocycles. The van der Waals surface area contributed by atoms with Crippen LogP contribution in [0.15, 0.2) is 24.3 Å². The second-order valence-corrected chi connectivity index (χ2v) is 15.2. The molecular weight excluding hydrogens is 684 g/mol. The fourth-order valence-electron chi connectivity index (χ4n) is 9.26. The molecule has 0 radical (unpaired) electrons. The van der Waals surface area contributed by atoms with Crippen LogP contribution in [0.3, 0.4) is 0 Å². The Morgan fingerprint density at radius 3 is 2.62 bits per heavy atom. The van der Waals surface area contributed by atoms with Crippen LogP contribution >= 0.6 is 0 Å². The van der Waals surface area contributed by atoms with Gasteiger partial charge in [-0.05, 0) is 75.6 Å². The number of phenols is 1. The summed E-state index contributed by atoms with van der Waals surface area (Å²) in [7, 11) is 1.40. The van der Waals surface area contributed by atoms with E-state index < -0.39 is 17.2 Å². The molecule has 0 spiro atoms. The highest BCUT2D eigenvalue weighted by molar-refractivity contribution is 6.04. The van der Waals surface area contributed by atoms with E-state index in [0.29, 0.717) is 30.6 Å². The summed E-state index contributed by atoms with van der Waals surface area (Å²) >= 11 is 0. The molecular formula is C40H45F2N5O6. The van der Waals surface area contributed by atoms with Gasteiger partial charge in [-0.2, -0.15) is 9.97 Å². The Balaban J connectivity index is 1.27. The summed E-state index contributed by atoms with van der Waals surface area (Å²) in [6.45, 7) is 5.50. The third kappa shape index (κ3) is 6.49. The van der Waals surface area contributed by atoms with Gasteiger partial charge in [-0.3, -0.25) is 4.90 Å². The van der Waals surface area contributed by atoms with Crippen LogP contribution in [-0.2, 0) is 9.47 Å². The number of β-amino-alcohol motifs (C(OH)–C–C–N with tert-alkyl or cyclic N) is 1. The van der Waals surface area contributed by atoms with Gasteiger partial charge in [0, 0.05) is 48.2 Å². The van der Waals surface area contributed by atoms with Crippen molar-refractivity contribution in [2.24, 2.45) is 5.41 Å². The molecule has 3 atom stereocenters. The van der Waals surface area contributed by atoms with Gasteiger partial charge in [0.25, 0.3) is 0 Å². The van der Waals surface area contributed by atoms with Crippen molar-refractivity contribution >= 4 is 27.5 Å². The second kappa shape index (κ2) is 14.1. The molecule has 0 bridgehead atoms. The van der Waals surface area contributed by atoms with Gasteiger partial charge >= 0.3 is 6.01 Å². The predicted octanol–water partition coefficient (Wildman–Crippen LogP) is 5.60. The Morgan fingerprint density at radius 2 is 1.83 bits per heavy atom. The Labute approximate surface area is 307 Å². The maximum atomic E-state index is 17.3. The SMILES string of the molecule is C#Cc1c(F)ccc2cc(O)cc(-c3nc(OC)c4c(N5CCOC[C@@](C)(O)C5)nc(OC[C@]56CCCC5N(C5CCOCC5)CCC6)nc4c3F)c12. The molecule has 1 aliphatic carbocycles. The summed E-state index contributed by atoms with van der Waals surface area (Å²) in [4.78, 5) is 18.7. The highest BCUT2D eigenvalue weighted by Crippen LogP contribution is 2.49. The number of hydrogen-bond donors (Lipinski definition) is 2. The van der Waals surface area contributed by atoms with Crippen LogP contribution in [-0.4, -0.2) is 108 Å². The number of aliphatic hydroxyl groups is 1. The van der Waals surface area contributed by atoms with Crippen molar-refractivity contribution in [1.82, 2.24) is 19.9 Å². The molecule has 4 fully saturated rings. The van der Waals surface area contributed by atoms with E-state index in [9.17, 15) is 10.2 Å². The number of fused-ring (bicyclic) bond motifs is 3. The number of benzene rings is 2. The predicted molar refractivity (Wildman–Crippen MR) is 195 cm³/mol. The summed E-state index contributed by atoms with van der Waals surface area (Å²) in [6, 6.07) is 6.22. The molecule has 5 heterocycles. The molecule has 0 amide bonds. The van der Waals surface area contributed by atoms with E-state index in [2.05, 4.69) is 15.8 Å². The number of methoxy groups -OCH3 is 1. The minimum absolute atomic E-state index is 0.00764. The van der Waals surface area contributed by atoms with Crippen LogP contribution in [0.5, 0.6) is 17.6 Å². The third-order valence-corrected chi connectivity index (χ3v) is 11.6. The summed E-state index contributed by atoms with van der Waals surface area (Å²) in [5.74, 6) is 0.938. The van der Waals surface area contributed by atoms with E-state index in [1.807, 2.05) is 4.90 Å². The van der Waals surface area contributed by atoms with Crippen molar-refractivity contribution in [2.75, 3.05) is 64.7 Å². The lowest BCUT2D eigenvalue weighted by Crippen LogP contribution is -2.56. The Bertz CT molecular complexity index is 2090. The first-order valence-corrected chi connectivity index (χ1v) is 18.5. The van der Waals surface area contributed by atoms with E-state index in [1.54, 1.807) is 6.92 Å². The lowest BCUT2D eigenvalue weighted by molar-refractivity contribution is -0.0511. The number of aromatic hydroxyl groups is 1. The number of hydrogen-bond acceptors (Lipinski definition) is 11. The van der Waals surface area contributed by atoms with Crippen molar-refractivity contribution in [2.45, 2.75) is 69.6 Å². The number of ether oxygens (including phenoxy) is 4. The van der Waals surface area contributed by atoms with Gasteiger partial charge in [0.2, 0.25) is 5.88 Å². The zero-order valence-electron chi connectivity index (χ0n) is 30.2. The number of nitrogens with zero attached hydrogens (tertiary/aromatic N) is 5. The number of aromatic nitrogens is 3. The maximum absolute atomic E-state index is 17.3. The lowest BCUT2D eigenvalue weighted by Gasteiger charge is -2.50. The first-order valence-electron chi connectivity index (χ1n) is 18.5. The first kappa shape index (κ1) is 35.7. The molecule has 280 valence electrons. The van der Waals surface area contributed by atoms with Gasteiger partial charge in [0.05, 0.1) is 39.0 Å². The van der Waals surface area contributed by atoms with Crippen molar-refractivity contribution in [3.63, 3.8) is 0 Å². The highest BCUT2D eigenvalue weighted by Gasteiger charge is 2.50. The van der Waals surface area contributed by atoms with Crippen LogP contribution < -0.4 is 14.4 Å². The molecule has 1 unspecified atom stereocenters. The molecule has 2 N–H and O–H groups in total. The van der Waals surface area contributed by atoms with E-state index in [0.717, 1.165) is 64.7 Å². The monoisotopic (exact) mass is 729 g/mol. The van der Waals surface area contributed by atoms with Gasteiger partial charge < -0.3 is 34.1 Å². The van der Waals surface area contributed by atoms with Crippen molar-refractivity contribution in [3.05, 3.63) is 41.5 Å². The van der Waals surface area contributed by atoms with Crippen LogP contribution in [0, 0.1) is 29.4 Å². The standard InChI is InChI=1S/C40H45F2N5O6/c1-4-27-29(41)9-8-24-19-26(48)20-28(31(24)27)34-33(42)35-32(37(43-34)50-3)36(46-15-18-52-22-39(2,49)21-46)45-38(44-35)53-23-40-12-5-7-30(40)47(14-6-13-40)25-10-16-51-17-11-25/h1,8-9,19-20,25,30,48-49H,5-7,10-18,21-23H2,2-3H3/t30?,39-,40+/m0/s1. The third-order valence-electron chi connectivity index (χ3n) is 11.6. The lowest BCUT2D eigenvalue weighted by atomic mass is 9.74. The number of halogens is 2. The van der Waals surface area contributed by atoms with Crippen molar-refractivity contribution in [1.29, 1.82) is 0 Å². The van der Waals surface area contributed by atoms with E-state index in [4.69, 9.17) is 35.3 Å². The molecule has 13 heteroatoms. The molecule has 11 nitrogen and oxygen atoms in total. The Hall–Kier alpha value is -4.35. The Morgan fingerprint density at radius 1 is 1.02 bits per heavy atom. The van der Waals surface area contributed by atoms with E-state index in [1.165, 1.54) is 31.4 Å². The van der Waals surface area contributed by atoms with E-state index in [-0.39, 0.29) is 81.7 Å². The number of rotatable bonds is 7. The molecule has 53 heavy (non-hydrogen) atoms. The smallest absolute Gasteiger partial charge is 0.319 e. The van der Waals surface area contributed by atoms with Crippen LogP contribution in [0.1, 0.15) is 57.4 Å². The molecule has 4 aromatic rings. The minimum atomic E-state index is -1.24. The Kier molecular flexibility index (Phi) is 9.51. The van der Waals surface area contributed by atoms with Crippen LogP contribution in [0.2, 0.25) is 0 Å². The minimum Gasteiger partial charge on any atom is -0.508 e. The molecule has 3 saturated heterocycles. The van der Waals surface area contributed by atoms with Gasteiger partial charge in [-0.25, -0.2) is 13.8 Å². The van der Waals surface area contributed by atoms with Gasteiger partial charge in [-0.15, -0.1) is 6.42 Å². The number of pyridine rings is 1. The van der Waals surface area contributed by atoms with Crippen molar-refractivity contribution in [3.8, 4) is 41.2 Å². The van der Waals surface area contributed by atoms with Crippen LogP contribution in [0.4, 0.5) is 14.6 Å². The van der Waals surface area contributed by atoms with Gasteiger partial charge in [0.1, 0.15) is 39.6 Å². The normalized spacial score (nSPS) is 25.7. The summed E-state index contributed by atoms with van der Waals surface area (Å²) in [5.41, 5.74) is -1.75. The zero-order chi connectivity index (χ0) is 36.9. The number of likely N-dealkylation sites (tertiary alicyclic amines) is 1. The van der Waals surface area contributed by atoms with Crippen LogP contribution in [0.25, 0.3) is 32.9 Å². The first-order chi connectivity index (χ1) is 25.6. The highest BCUT2D eigenvalue weighted by atomic mass is 19.1. The molecule has 2 aromatic heterocycles. The number of terminal acetylenes is 1. The number of phenolic OH excluding ortho intramolecular Hbond substituents is 1. The largest absolute Gasteiger partial charge is 0.508 e. The molecule has 8 rings (SSSR count). The summed E-state index contributed by atoms with van der Waals surface area (Å²) in [5, 5.41) is 22.7. The summed E-state index contributed by atoms with van der Waals surface area (Å²) < 4.78 is 56.1. The quantitative estimate of drug-likeness (QED) is 0.231. The maximum Gasteiger partial charge on any atom is 0.319 e. The average molecular weight is 730 g/mol. The fraction of sp³-hybridized carbons (Fsp3) is 0.525. The van der Waals surface area contributed by atoms with Gasteiger partial charge in [0.15, 0.2) is 5.82 Å². The van der Waals surface area contributed by atoms with E-state index >= 15 is 8.78 Å². The van der Waals surface area contributed by atoms with Gasteiger partial charge in [-0.1, -0.05) is 18.4 Å². The second-order valence-electron chi connectivity index (χ2n) is 15.2.